The van der Waals surface area contributed by atoms with Gasteiger partial charge in [0, 0.05) is 19.0 Å². The molecule has 1 heterocycles. The van der Waals surface area contributed by atoms with Crippen LogP contribution in [0.5, 0.6) is 5.75 Å². The summed E-state index contributed by atoms with van der Waals surface area (Å²) < 4.78 is 11.4. The second-order valence-electron chi connectivity index (χ2n) is 7.34. The summed E-state index contributed by atoms with van der Waals surface area (Å²) in [6.07, 6.45) is 1.92. The molecule has 0 spiro atoms. The maximum Gasteiger partial charge on any atom is 0.336 e. The van der Waals surface area contributed by atoms with Crippen LogP contribution < -0.4 is 20.6 Å². The van der Waals surface area contributed by atoms with Crippen LogP contribution in [0.2, 0.25) is 0 Å². The van der Waals surface area contributed by atoms with E-state index in [9.17, 15) is 9.59 Å². The Kier molecular flexibility index (Phi) is 7.42. The Morgan fingerprint density at radius 1 is 1.30 bits per heavy atom. The van der Waals surface area contributed by atoms with Gasteiger partial charge in [0.25, 0.3) is 5.91 Å². The van der Waals surface area contributed by atoms with Crippen molar-refractivity contribution < 1.29 is 18.8 Å². The van der Waals surface area contributed by atoms with Crippen LogP contribution in [-0.4, -0.2) is 39.2 Å². The van der Waals surface area contributed by atoms with E-state index in [0.29, 0.717) is 17.9 Å². The summed E-state index contributed by atoms with van der Waals surface area (Å²) in [5, 5.41) is 3.69. The molecule has 0 aliphatic carbocycles. The summed E-state index contributed by atoms with van der Waals surface area (Å²) in [4.78, 5) is 25.6. The Hall–Kier alpha value is -2.34. The SMILES string of the molecule is CCCc1cc(=O)oc2cc(C)cc(O[C@@H](C)C(=O)NCCC[NH+](C)C)c12. The van der Waals surface area contributed by atoms with Crippen molar-refractivity contribution in [2.24, 2.45) is 0 Å². The zero-order valence-corrected chi connectivity index (χ0v) is 17.0. The number of fused-ring (bicyclic) bond motifs is 1. The molecule has 148 valence electrons. The van der Waals surface area contributed by atoms with Crippen molar-refractivity contribution in [2.45, 2.75) is 46.1 Å². The standard InChI is InChI=1S/C21H30N2O4/c1-6-8-16-13-19(24)27-18-12-14(2)11-17(20(16)18)26-15(3)21(25)22-9-7-10-23(4)5/h11-13,15H,6-10H2,1-5H3,(H,22,25)/p+1/t15-/m0/s1. The highest BCUT2D eigenvalue weighted by Crippen LogP contribution is 2.31. The fourth-order valence-corrected chi connectivity index (χ4v) is 3.07. The van der Waals surface area contributed by atoms with E-state index in [1.807, 2.05) is 19.1 Å². The smallest absolute Gasteiger partial charge is 0.336 e. The molecule has 6 heteroatoms. The molecule has 2 aromatic rings. The zero-order valence-electron chi connectivity index (χ0n) is 17.0. The lowest BCUT2D eigenvalue weighted by atomic mass is 10.0. The van der Waals surface area contributed by atoms with Gasteiger partial charge in [-0.1, -0.05) is 13.3 Å². The highest BCUT2D eigenvalue weighted by molar-refractivity contribution is 5.88. The van der Waals surface area contributed by atoms with E-state index in [2.05, 4.69) is 26.3 Å². The molecule has 0 aliphatic rings. The third-order valence-corrected chi connectivity index (χ3v) is 4.38. The summed E-state index contributed by atoms with van der Waals surface area (Å²) in [5.41, 5.74) is 1.94. The lowest BCUT2D eigenvalue weighted by molar-refractivity contribution is -0.858. The van der Waals surface area contributed by atoms with E-state index in [-0.39, 0.29) is 11.5 Å². The molecule has 6 nitrogen and oxygen atoms in total. The molecule has 1 aromatic carbocycles. The van der Waals surface area contributed by atoms with Gasteiger partial charge in [0.1, 0.15) is 11.3 Å². The van der Waals surface area contributed by atoms with Crippen LogP contribution in [-0.2, 0) is 11.2 Å². The molecule has 2 rings (SSSR count). The van der Waals surface area contributed by atoms with Gasteiger partial charge in [0.15, 0.2) is 6.10 Å². The monoisotopic (exact) mass is 375 g/mol. The first-order valence-electron chi connectivity index (χ1n) is 9.62. The minimum atomic E-state index is -0.636. The van der Waals surface area contributed by atoms with E-state index in [1.54, 1.807) is 6.92 Å². The number of amides is 1. The molecule has 1 atom stereocenters. The van der Waals surface area contributed by atoms with Crippen LogP contribution in [0, 0.1) is 6.92 Å². The van der Waals surface area contributed by atoms with Crippen molar-refractivity contribution in [3.63, 3.8) is 0 Å². The lowest BCUT2D eigenvalue weighted by Crippen LogP contribution is -3.05. The topological polar surface area (TPSA) is 73.0 Å². The normalized spacial score (nSPS) is 12.4. The van der Waals surface area contributed by atoms with Gasteiger partial charge in [-0.25, -0.2) is 4.79 Å². The number of aryl methyl sites for hydroxylation is 2. The molecular formula is C21H31N2O4+. The van der Waals surface area contributed by atoms with Crippen LogP contribution in [0.25, 0.3) is 11.0 Å². The van der Waals surface area contributed by atoms with Crippen LogP contribution in [0.3, 0.4) is 0 Å². The summed E-state index contributed by atoms with van der Waals surface area (Å²) in [7, 11) is 4.17. The molecule has 1 amide bonds. The second-order valence-corrected chi connectivity index (χ2v) is 7.34. The minimum absolute atomic E-state index is 0.146. The minimum Gasteiger partial charge on any atom is -0.480 e. The van der Waals surface area contributed by atoms with Gasteiger partial charge in [-0.05, 0) is 43.5 Å². The van der Waals surface area contributed by atoms with Crippen molar-refractivity contribution in [1.29, 1.82) is 0 Å². The highest BCUT2D eigenvalue weighted by Gasteiger charge is 2.18. The van der Waals surface area contributed by atoms with Crippen LogP contribution >= 0.6 is 0 Å². The molecule has 0 unspecified atom stereocenters. The Labute approximate surface area is 160 Å². The van der Waals surface area contributed by atoms with Gasteiger partial charge < -0.3 is 19.4 Å². The van der Waals surface area contributed by atoms with Gasteiger partial charge in [-0.3, -0.25) is 4.79 Å². The van der Waals surface area contributed by atoms with Crippen LogP contribution in [0.15, 0.2) is 27.4 Å². The van der Waals surface area contributed by atoms with Crippen LogP contribution in [0.4, 0.5) is 0 Å². The van der Waals surface area contributed by atoms with Gasteiger partial charge in [-0.15, -0.1) is 0 Å². The molecule has 0 radical (unpaired) electrons. The number of hydrogen-bond donors (Lipinski definition) is 2. The number of benzene rings is 1. The predicted molar refractivity (Wildman–Crippen MR) is 107 cm³/mol. The molecule has 27 heavy (non-hydrogen) atoms. The maximum absolute atomic E-state index is 12.4. The van der Waals surface area contributed by atoms with Crippen molar-refractivity contribution in [2.75, 3.05) is 27.2 Å². The van der Waals surface area contributed by atoms with Crippen molar-refractivity contribution in [3.05, 3.63) is 39.7 Å². The van der Waals surface area contributed by atoms with Crippen LogP contribution in [0.1, 0.15) is 37.8 Å². The van der Waals surface area contributed by atoms with Crippen molar-refractivity contribution in [1.82, 2.24) is 5.32 Å². The molecular weight excluding hydrogens is 344 g/mol. The zero-order chi connectivity index (χ0) is 20.0. The number of quaternary nitrogens is 1. The molecule has 2 N–H and O–H groups in total. The third kappa shape index (κ3) is 5.82. The average Bonchev–Trinajstić information content (AvgIpc) is 2.57. The summed E-state index contributed by atoms with van der Waals surface area (Å²) >= 11 is 0. The number of carbonyl (C=O) groups is 1. The van der Waals surface area contributed by atoms with Crippen molar-refractivity contribution >= 4 is 16.9 Å². The molecule has 0 saturated heterocycles. The largest absolute Gasteiger partial charge is 0.480 e. The maximum atomic E-state index is 12.4. The predicted octanol–water partition coefficient (Wildman–Crippen LogP) is 1.47. The van der Waals surface area contributed by atoms with Crippen molar-refractivity contribution in [3.8, 4) is 5.75 Å². The fourth-order valence-electron chi connectivity index (χ4n) is 3.07. The summed E-state index contributed by atoms with van der Waals surface area (Å²) in [5.74, 6) is 0.436. The Morgan fingerprint density at radius 2 is 2.04 bits per heavy atom. The first kappa shape index (κ1) is 21.0. The van der Waals surface area contributed by atoms with E-state index in [0.717, 1.165) is 42.3 Å². The number of carbonyl (C=O) groups excluding carboxylic acids is 1. The molecule has 1 aromatic heterocycles. The van der Waals surface area contributed by atoms with Gasteiger partial charge in [0.2, 0.25) is 0 Å². The Morgan fingerprint density at radius 3 is 2.70 bits per heavy atom. The number of rotatable bonds is 9. The lowest BCUT2D eigenvalue weighted by Gasteiger charge is -2.18. The highest BCUT2D eigenvalue weighted by atomic mass is 16.5. The fraction of sp³-hybridized carbons (Fsp3) is 0.524. The second kappa shape index (κ2) is 9.55. The molecule has 0 saturated carbocycles. The molecule has 0 aliphatic heterocycles. The molecule has 0 bridgehead atoms. The van der Waals surface area contributed by atoms with E-state index in [1.165, 1.54) is 11.0 Å². The number of hydrogen-bond acceptors (Lipinski definition) is 4. The summed E-state index contributed by atoms with van der Waals surface area (Å²) in [6, 6.07) is 5.24. The molecule has 0 fully saturated rings. The quantitative estimate of drug-likeness (QED) is 0.514. The average molecular weight is 375 g/mol. The van der Waals surface area contributed by atoms with E-state index >= 15 is 0 Å². The van der Waals surface area contributed by atoms with E-state index in [4.69, 9.17) is 9.15 Å². The number of nitrogens with one attached hydrogen (secondary N) is 2. The number of ether oxygens (including phenoxy) is 1. The first-order chi connectivity index (χ1) is 12.8. The summed E-state index contributed by atoms with van der Waals surface area (Å²) in [6.45, 7) is 7.33. The Bertz CT molecular complexity index is 842. The van der Waals surface area contributed by atoms with Gasteiger partial charge in [-0.2, -0.15) is 0 Å². The van der Waals surface area contributed by atoms with Gasteiger partial charge in [0.05, 0.1) is 26.0 Å². The first-order valence-corrected chi connectivity index (χ1v) is 9.62. The van der Waals surface area contributed by atoms with E-state index < -0.39 is 6.10 Å². The third-order valence-electron chi connectivity index (χ3n) is 4.38. The Balaban J connectivity index is 2.22. The van der Waals surface area contributed by atoms with Gasteiger partial charge >= 0.3 is 5.63 Å².